The Morgan fingerprint density at radius 2 is 1.71 bits per heavy atom. The number of pyridine rings is 2. The van der Waals surface area contributed by atoms with E-state index in [4.69, 9.17) is 0 Å². The molecule has 3 aromatic rings. The van der Waals surface area contributed by atoms with Crippen LogP contribution in [0.15, 0.2) is 40.2 Å². The molecule has 3 aromatic heterocycles. The first kappa shape index (κ1) is 28.7. The standard InChI is InChI=1S/C21H20F6N6O4S/c1-4-32-14(21(25,26)27)10-11(16(28-3)19(32)35)29-18(34)17-12(38(36,37)5-2)6-7-15(30-17)33-9-8-13(31-33)20(22,23)24/h6-10,28H,4-5H2,1-3H3,(H,29,34). The molecule has 0 aliphatic heterocycles. The van der Waals surface area contributed by atoms with Gasteiger partial charge in [-0.25, -0.2) is 18.1 Å². The lowest BCUT2D eigenvalue weighted by Gasteiger charge is -2.19. The Kier molecular flexibility index (Phi) is 7.63. The van der Waals surface area contributed by atoms with Crippen molar-refractivity contribution in [1.82, 2.24) is 19.3 Å². The van der Waals surface area contributed by atoms with Crippen LogP contribution < -0.4 is 16.2 Å². The molecule has 38 heavy (non-hydrogen) atoms. The van der Waals surface area contributed by atoms with Gasteiger partial charge in [-0.15, -0.1) is 0 Å². The van der Waals surface area contributed by atoms with Crippen LogP contribution in [0.3, 0.4) is 0 Å². The van der Waals surface area contributed by atoms with Crippen molar-refractivity contribution in [3.8, 4) is 5.82 Å². The van der Waals surface area contributed by atoms with Crippen molar-refractivity contribution < 1.29 is 39.6 Å². The molecular formula is C21H20F6N6O4S. The van der Waals surface area contributed by atoms with Gasteiger partial charge in [0.05, 0.1) is 16.3 Å². The lowest BCUT2D eigenvalue weighted by atomic mass is 10.2. The van der Waals surface area contributed by atoms with E-state index >= 15 is 0 Å². The summed E-state index contributed by atoms with van der Waals surface area (Å²) in [5, 5.41) is 7.80. The number of rotatable bonds is 7. The number of alkyl halides is 6. The van der Waals surface area contributed by atoms with E-state index in [-0.39, 0.29) is 12.4 Å². The molecule has 17 heteroatoms. The summed E-state index contributed by atoms with van der Waals surface area (Å²) in [5.41, 5.74) is -5.65. The topological polar surface area (TPSA) is 128 Å². The number of nitrogens with zero attached hydrogens (tertiary/aromatic N) is 4. The number of aromatic nitrogens is 4. The first-order valence-electron chi connectivity index (χ1n) is 10.8. The van der Waals surface area contributed by atoms with Gasteiger partial charge >= 0.3 is 12.4 Å². The largest absolute Gasteiger partial charge is 0.435 e. The van der Waals surface area contributed by atoms with Crippen LogP contribution in [-0.4, -0.2) is 46.5 Å². The monoisotopic (exact) mass is 566 g/mol. The van der Waals surface area contributed by atoms with Gasteiger partial charge in [0.2, 0.25) is 0 Å². The molecule has 1 amide bonds. The van der Waals surface area contributed by atoms with E-state index in [0.717, 1.165) is 18.3 Å². The molecule has 0 spiro atoms. The van der Waals surface area contributed by atoms with Crippen molar-refractivity contribution in [3.05, 3.63) is 57.9 Å². The highest BCUT2D eigenvalue weighted by Crippen LogP contribution is 2.33. The van der Waals surface area contributed by atoms with Gasteiger partial charge in [0, 0.05) is 19.8 Å². The number of hydrogen-bond acceptors (Lipinski definition) is 7. The normalized spacial score (nSPS) is 12.4. The fourth-order valence-electron chi connectivity index (χ4n) is 3.45. The van der Waals surface area contributed by atoms with E-state index in [1.807, 2.05) is 0 Å². The molecule has 10 nitrogen and oxygen atoms in total. The molecule has 0 fully saturated rings. The molecule has 0 radical (unpaired) electrons. The van der Waals surface area contributed by atoms with Gasteiger partial charge < -0.3 is 15.2 Å². The smallest absolute Gasteiger partial charge is 0.382 e. The Labute approximate surface area is 211 Å². The summed E-state index contributed by atoms with van der Waals surface area (Å²) in [7, 11) is -2.92. The van der Waals surface area contributed by atoms with Gasteiger partial charge in [0.1, 0.15) is 17.1 Å². The van der Waals surface area contributed by atoms with E-state index in [9.17, 15) is 44.3 Å². The van der Waals surface area contributed by atoms with E-state index in [1.165, 1.54) is 20.9 Å². The lowest BCUT2D eigenvalue weighted by molar-refractivity contribution is -0.144. The lowest BCUT2D eigenvalue weighted by Crippen LogP contribution is -2.31. The van der Waals surface area contributed by atoms with Gasteiger partial charge in [0.25, 0.3) is 11.5 Å². The quantitative estimate of drug-likeness (QED) is 0.419. The minimum absolute atomic E-state index is 0.344. The van der Waals surface area contributed by atoms with Crippen LogP contribution in [-0.2, 0) is 28.7 Å². The van der Waals surface area contributed by atoms with Gasteiger partial charge in [-0.05, 0) is 31.2 Å². The van der Waals surface area contributed by atoms with Crippen molar-refractivity contribution >= 4 is 27.1 Å². The van der Waals surface area contributed by atoms with Gasteiger partial charge in [-0.2, -0.15) is 31.4 Å². The van der Waals surface area contributed by atoms with Gasteiger partial charge in [-0.1, -0.05) is 6.92 Å². The van der Waals surface area contributed by atoms with Crippen LogP contribution in [0.1, 0.15) is 35.7 Å². The summed E-state index contributed by atoms with van der Waals surface area (Å²) in [5.74, 6) is -2.21. The first-order chi connectivity index (χ1) is 17.5. The second kappa shape index (κ2) is 10.1. The summed E-state index contributed by atoms with van der Waals surface area (Å²) in [6.45, 7) is 2.22. The predicted molar refractivity (Wildman–Crippen MR) is 123 cm³/mol. The van der Waals surface area contributed by atoms with Crippen LogP contribution in [0.2, 0.25) is 0 Å². The zero-order valence-corrected chi connectivity index (χ0v) is 20.7. The summed E-state index contributed by atoms with van der Waals surface area (Å²) < 4.78 is 106. The number of amides is 1. The highest BCUT2D eigenvalue weighted by atomic mass is 32.2. The predicted octanol–water partition coefficient (Wildman–Crippen LogP) is 3.57. The Morgan fingerprint density at radius 3 is 2.21 bits per heavy atom. The molecule has 0 atom stereocenters. The zero-order chi connectivity index (χ0) is 28.6. The first-order valence-corrected chi connectivity index (χ1v) is 12.4. The van der Waals surface area contributed by atoms with Crippen molar-refractivity contribution in [2.45, 2.75) is 37.6 Å². The molecule has 3 rings (SSSR count). The maximum absolute atomic E-state index is 13.6. The van der Waals surface area contributed by atoms with Crippen molar-refractivity contribution in [2.75, 3.05) is 23.4 Å². The van der Waals surface area contributed by atoms with E-state index in [1.54, 1.807) is 0 Å². The second-order valence-electron chi connectivity index (χ2n) is 7.63. The Hall–Kier alpha value is -3.89. The number of sulfone groups is 1. The maximum Gasteiger partial charge on any atom is 0.435 e. The van der Waals surface area contributed by atoms with Crippen LogP contribution in [0.5, 0.6) is 0 Å². The number of hydrogen-bond donors (Lipinski definition) is 2. The van der Waals surface area contributed by atoms with Crippen LogP contribution in [0, 0.1) is 0 Å². The maximum atomic E-state index is 13.6. The molecule has 0 aromatic carbocycles. The molecular weight excluding hydrogens is 546 g/mol. The number of nitrogens with one attached hydrogen (secondary N) is 2. The zero-order valence-electron chi connectivity index (χ0n) is 19.9. The minimum atomic E-state index is -4.98. The van der Waals surface area contributed by atoms with Gasteiger partial charge in [-0.3, -0.25) is 9.59 Å². The average Bonchev–Trinajstić information content (AvgIpc) is 3.34. The van der Waals surface area contributed by atoms with Crippen LogP contribution in [0.4, 0.5) is 37.7 Å². The third-order valence-corrected chi connectivity index (χ3v) is 7.05. The van der Waals surface area contributed by atoms with Crippen LogP contribution >= 0.6 is 0 Å². The highest BCUT2D eigenvalue weighted by Gasteiger charge is 2.36. The summed E-state index contributed by atoms with van der Waals surface area (Å²) in [4.78, 5) is 29.1. The Morgan fingerprint density at radius 1 is 1.05 bits per heavy atom. The number of carbonyl (C=O) groups is 1. The third kappa shape index (κ3) is 5.51. The molecule has 206 valence electrons. The van der Waals surface area contributed by atoms with Crippen molar-refractivity contribution in [3.63, 3.8) is 0 Å². The van der Waals surface area contributed by atoms with Crippen molar-refractivity contribution in [2.24, 2.45) is 0 Å². The Balaban J connectivity index is 2.19. The summed E-state index contributed by atoms with van der Waals surface area (Å²) in [6.07, 6.45) is -8.90. The summed E-state index contributed by atoms with van der Waals surface area (Å²) >= 11 is 0. The Bertz CT molecular complexity index is 1540. The summed E-state index contributed by atoms with van der Waals surface area (Å²) in [6, 6.07) is 3.05. The molecule has 0 saturated carbocycles. The molecule has 0 aliphatic rings. The number of carbonyl (C=O) groups excluding carboxylic acids is 1. The van der Waals surface area contributed by atoms with E-state index in [2.05, 4.69) is 20.7 Å². The third-order valence-electron chi connectivity index (χ3n) is 5.29. The van der Waals surface area contributed by atoms with Crippen molar-refractivity contribution in [1.29, 1.82) is 0 Å². The molecule has 0 aliphatic carbocycles. The molecule has 2 N–H and O–H groups in total. The fourth-order valence-corrected chi connectivity index (χ4v) is 4.47. The minimum Gasteiger partial charge on any atom is -0.382 e. The number of anilines is 2. The van der Waals surface area contributed by atoms with E-state index in [0.29, 0.717) is 21.4 Å². The highest BCUT2D eigenvalue weighted by molar-refractivity contribution is 7.91. The molecule has 0 saturated heterocycles. The van der Waals surface area contributed by atoms with E-state index < -0.39 is 72.8 Å². The number of halogens is 6. The fraction of sp³-hybridized carbons (Fsp3) is 0.333. The molecule has 3 heterocycles. The second-order valence-corrected chi connectivity index (χ2v) is 9.88. The molecule has 0 bridgehead atoms. The van der Waals surface area contributed by atoms with Crippen LogP contribution in [0.25, 0.3) is 5.82 Å². The average molecular weight is 566 g/mol. The molecule has 0 unspecified atom stereocenters. The van der Waals surface area contributed by atoms with Gasteiger partial charge in [0.15, 0.2) is 21.3 Å². The SMILES string of the molecule is CCn1c(C(F)(F)F)cc(NC(=O)c2nc(-n3ccc(C(F)(F)F)n3)ccc2S(=O)(=O)CC)c(NC)c1=O.